The summed E-state index contributed by atoms with van der Waals surface area (Å²) < 4.78 is 13.1. The first-order valence-electron chi connectivity index (χ1n) is 11.9. The van der Waals surface area contributed by atoms with Crippen LogP contribution < -0.4 is 9.47 Å². The maximum Gasteiger partial charge on any atom is 0.119 e. The van der Waals surface area contributed by atoms with Crippen LogP contribution in [0.2, 0.25) is 0 Å². The van der Waals surface area contributed by atoms with Crippen LogP contribution in [-0.2, 0) is 19.6 Å². The van der Waals surface area contributed by atoms with Gasteiger partial charge in [0.05, 0.1) is 14.2 Å². The number of nitrogens with zero attached hydrogens (tertiary/aromatic N) is 2. The summed E-state index contributed by atoms with van der Waals surface area (Å²) in [4.78, 5) is 2.63. The lowest BCUT2D eigenvalue weighted by atomic mass is 9.89. The minimum atomic E-state index is 0.809. The smallest absolute Gasteiger partial charge is 0.119 e. The van der Waals surface area contributed by atoms with Crippen molar-refractivity contribution in [2.24, 2.45) is 5.92 Å². The van der Waals surface area contributed by atoms with Crippen molar-refractivity contribution >= 4 is 0 Å². The molecule has 0 aliphatic heterocycles. The first-order chi connectivity index (χ1) is 15.7. The van der Waals surface area contributed by atoms with Crippen molar-refractivity contribution in [3.63, 3.8) is 0 Å². The largest absolute Gasteiger partial charge is 0.497 e. The van der Waals surface area contributed by atoms with Crippen LogP contribution in [0.3, 0.4) is 0 Å². The highest BCUT2D eigenvalue weighted by Crippen LogP contribution is 2.26. The Morgan fingerprint density at radius 3 is 2.34 bits per heavy atom. The van der Waals surface area contributed by atoms with E-state index in [9.17, 15) is 0 Å². The summed E-state index contributed by atoms with van der Waals surface area (Å²) >= 11 is 0. The lowest BCUT2D eigenvalue weighted by Gasteiger charge is -2.30. The summed E-state index contributed by atoms with van der Waals surface area (Å²) in [6.07, 6.45) is 9.09. The van der Waals surface area contributed by atoms with Crippen molar-refractivity contribution in [1.29, 1.82) is 0 Å². The van der Waals surface area contributed by atoms with Crippen molar-refractivity contribution in [2.45, 2.75) is 51.7 Å². The SMILES string of the molecule is COc1ccc(CN(Cc2cccn2Cc2cccc(OC)c2)CC2CCCCC2)cc1. The minimum absolute atomic E-state index is 0.809. The van der Waals surface area contributed by atoms with Gasteiger partial charge in [0.25, 0.3) is 0 Å². The van der Waals surface area contributed by atoms with E-state index in [1.807, 2.05) is 6.07 Å². The molecule has 1 saturated carbocycles. The van der Waals surface area contributed by atoms with Gasteiger partial charge in [-0.3, -0.25) is 4.90 Å². The molecule has 32 heavy (non-hydrogen) atoms. The van der Waals surface area contributed by atoms with Crippen LogP contribution in [0.5, 0.6) is 11.5 Å². The Morgan fingerprint density at radius 2 is 1.59 bits per heavy atom. The van der Waals surface area contributed by atoms with Crippen LogP contribution in [0.1, 0.15) is 48.9 Å². The molecule has 4 nitrogen and oxygen atoms in total. The lowest BCUT2D eigenvalue weighted by molar-refractivity contribution is 0.183. The molecule has 4 rings (SSSR count). The van der Waals surface area contributed by atoms with Crippen LogP contribution in [-0.4, -0.2) is 30.2 Å². The molecule has 1 heterocycles. The Labute approximate surface area is 192 Å². The molecule has 3 aromatic rings. The molecule has 2 aromatic carbocycles. The number of hydrogen-bond acceptors (Lipinski definition) is 3. The number of methoxy groups -OCH3 is 2. The van der Waals surface area contributed by atoms with Crippen LogP contribution in [0.4, 0.5) is 0 Å². The van der Waals surface area contributed by atoms with E-state index in [1.54, 1.807) is 14.2 Å². The van der Waals surface area contributed by atoms with Crippen LogP contribution in [0.25, 0.3) is 0 Å². The zero-order chi connectivity index (χ0) is 22.2. The third-order valence-electron chi connectivity index (χ3n) is 6.60. The summed E-state index contributed by atoms with van der Waals surface area (Å²) in [5, 5.41) is 0. The summed E-state index contributed by atoms with van der Waals surface area (Å²) in [6, 6.07) is 21.3. The fourth-order valence-electron chi connectivity index (χ4n) is 4.85. The number of benzene rings is 2. The van der Waals surface area contributed by atoms with Gasteiger partial charge in [-0.05, 0) is 66.3 Å². The second kappa shape index (κ2) is 11.2. The van der Waals surface area contributed by atoms with E-state index in [-0.39, 0.29) is 0 Å². The van der Waals surface area contributed by atoms with Gasteiger partial charge in [-0.1, -0.05) is 43.5 Å². The van der Waals surface area contributed by atoms with Gasteiger partial charge in [0.15, 0.2) is 0 Å². The molecule has 170 valence electrons. The van der Waals surface area contributed by atoms with E-state index in [1.165, 1.54) is 48.9 Å². The van der Waals surface area contributed by atoms with E-state index in [0.29, 0.717) is 0 Å². The quantitative estimate of drug-likeness (QED) is 0.385. The molecule has 4 heteroatoms. The van der Waals surface area contributed by atoms with Crippen molar-refractivity contribution in [3.8, 4) is 11.5 Å². The van der Waals surface area contributed by atoms with Crippen molar-refractivity contribution in [3.05, 3.63) is 83.7 Å². The van der Waals surface area contributed by atoms with Gasteiger partial charge in [-0.2, -0.15) is 0 Å². The van der Waals surface area contributed by atoms with Gasteiger partial charge in [0.2, 0.25) is 0 Å². The number of rotatable bonds is 10. The fraction of sp³-hybridized carbons (Fsp3) is 0.429. The molecule has 0 radical (unpaired) electrons. The average molecular weight is 433 g/mol. The van der Waals surface area contributed by atoms with Gasteiger partial charge >= 0.3 is 0 Å². The van der Waals surface area contributed by atoms with Crippen LogP contribution in [0, 0.1) is 5.92 Å². The molecule has 0 saturated heterocycles. The maximum absolute atomic E-state index is 5.41. The molecule has 0 atom stereocenters. The Kier molecular flexibility index (Phi) is 7.89. The highest BCUT2D eigenvalue weighted by molar-refractivity contribution is 5.29. The number of hydrogen-bond donors (Lipinski definition) is 0. The molecule has 0 spiro atoms. The first kappa shape index (κ1) is 22.5. The van der Waals surface area contributed by atoms with Gasteiger partial charge < -0.3 is 14.0 Å². The number of aromatic nitrogens is 1. The Bertz CT molecular complexity index is 958. The predicted octanol–water partition coefficient (Wildman–Crippen LogP) is 6.14. The third-order valence-corrected chi connectivity index (χ3v) is 6.60. The van der Waals surface area contributed by atoms with Gasteiger partial charge in [-0.25, -0.2) is 0 Å². The summed E-state index contributed by atoms with van der Waals surface area (Å²) in [5.41, 5.74) is 3.96. The van der Waals surface area contributed by atoms with Crippen LogP contribution in [0.15, 0.2) is 66.9 Å². The van der Waals surface area contributed by atoms with Crippen molar-refractivity contribution < 1.29 is 9.47 Å². The second-order valence-corrected chi connectivity index (χ2v) is 9.00. The molecule has 1 aliphatic rings. The topological polar surface area (TPSA) is 26.6 Å². The van der Waals surface area contributed by atoms with E-state index in [0.717, 1.165) is 43.6 Å². The molecular weight excluding hydrogens is 396 g/mol. The summed E-state index contributed by atoms with van der Waals surface area (Å²) in [5.74, 6) is 2.64. The first-order valence-corrected chi connectivity index (χ1v) is 11.9. The van der Waals surface area contributed by atoms with Crippen molar-refractivity contribution in [1.82, 2.24) is 9.47 Å². The zero-order valence-electron chi connectivity index (χ0n) is 19.5. The molecule has 0 unspecified atom stereocenters. The van der Waals surface area contributed by atoms with Gasteiger partial charge in [0, 0.05) is 38.1 Å². The lowest BCUT2D eigenvalue weighted by Crippen LogP contribution is -2.30. The van der Waals surface area contributed by atoms with Crippen molar-refractivity contribution in [2.75, 3.05) is 20.8 Å². The van der Waals surface area contributed by atoms with Gasteiger partial charge in [-0.15, -0.1) is 0 Å². The average Bonchev–Trinajstić information content (AvgIpc) is 3.26. The van der Waals surface area contributed by atoms with E-state index in [4.69, 9.17) is 9.47 Å². The second-order valence-electron chi connectivity index (χ2n) is 9.00. The van der Waals surface area contributed by atoms with Crippen LogP contribution >= 0.6 is 0 Å². The molecular formula is C28H36N2O2. The summed E-state index contributed by atoms with van der Waals surface area (Å²) in [6.45, 7) is 3.94. The van der Waals surface area contributed by atoms with E-state index >= 15 is 0 Å². The third kappa shape index (κ3) is 6.17. The molecule has 0 N–H and O–H groups in total. The van der Waals surface area contributed by atoms with E-state index < -0.39 is 0 Å². The fourth-order valence-corrected chi connectivity index (χ4v) is 4.85. The maximum atomic E-state index is 5.41. The standard InChI is InChI=1S/C28H36N2O2/c1-31-27-15-13-24(14-16-27)20-29(19-23-8-4-3-5-9-23)22-26-11-7-17-30(26)21-25-10-6-12-28(18-25)32-2/h6-7,10-18,23H,3-5,8-9,19-22H2,1-2H3. The van der Waals surface area contributed by atoms with Gasteiger partial charge in [0.1, 0.15) is 11.5 Å². The highest BCUT2D eigenvalue weighted by Gasteiger charge is 2.19. The number of ether oxygens (including phenoxy) is 2. The molecule has 1 fully saturated rings. The normalized spacial score (nSPS) is 14.6. The molecule has 1 aliphatic carbocycles. The minimum Gasteiger partial charge on any atom is -0.497 e. The highest BCUT2D eigenvalue weighted by atomic mass is 16.5. The molecule has 0 bridgehead atoms. The molecule has 0 amide bonds. The predicted molar refractivity (Wildman–Crippen MR) is 130 cm³/mol. The zero-order valence-corrected chi connectivity index (χ0v) is 19.5. The Morgan fingerprint density at radius 1 is 0.812 bits per heavy atom. The molecule has 1 aromatic heterocycles. The Balaban J connectivity index is 1.49. The Hall–Kier alpha value is -2.72. The van der Waals surface area contributed by atoms with E-state index in [2.05, 4.69) is 70.3 Å². The summed E-state index contributed by atoms with van der Waals surface area (Å²) in [7, 11) is 3.45. The monoisotopic (exact) mass is 432 g/mol.